The maximum absolute atomic E-state index is 12.2. The third kappa shape index (κ3) is 4.87. The van der Waals surface area contributed by atoms with Crippen molar-refractivity contribution in [2.45, 2.75) is 39.3 Å². The van der Waals surface area contributed by atoms with E-state index in [1.54, 1.807) is 59.3 Å². The molecule has 0 saturated carbocycles. The van der Waals surface area contributed by atoms with Crippen LogP contribution >= 0.6 is 0 Å². The largest absolute Gasteiger partial charge is 0.444 e. The maximum Gasteiger partial charge on any atom is 0.408 e. The zero-order valence-electron chi connectivity index (χ0n) is 12.5. The molecule has 0 aliphatic rings. The van der Waals surface area contributed by atoms with Gasteiger partial charge in [-0.2, -0.15) is 0 Å². The van der Waals surface area contributed by atoms with E-state index in [9.17, 15) is 9.59 Å². The molecule has 2 amide bonds. The van der Waals surface area contributed by atoms with Crippen LogP contribution in [0.2, 0.25) is 0 Å². The summed E-state index contributed by atoms with van der Waals surface area (Å²) in [6.07, 6.45) is 2.60. The third-order valence-corrected chi connectivity index (χ3v) is 2.47. The minimum absolute atomic E-state index is 0.246. The summed E-state index contributed by atoms with van der Waals surface area (Å²) >= 11 is 0. The van der Waals surface area contributed by atoms with Crippen LogP contribution in [0.3, 0.4) is 0 Å². The molecule has 6 heteroatoms. The van der Waals surface area contributed by atoms with Crippen LogP contribution in [0.5, 0.6) is 0 Å². The number of carbonyl (C=O) groups excluding carboxylic acids is 2. The molecule has 1 atom stereocenters. The Balaban J connectivity index is 2.61. The first-order chi connectivity index (χ1) is 9.20. The normalized spacial score (nSPS) is 12.4. The molecule has 110 valence electrons. The molecule has 1 heterocycles. The second-order valence-electron chi connectivity index (χ2n) is 5.48. The van der Waals surface area contributed by atoms with Gasteiger partial charge in [0.2, 0.25) is 5.91 Å². The van der Waals surface area contributed by atoms with Crippen molar-refractivity contribution in [3.05, 3.63) is 24.5 Å². The van der Waals surface area contributed by atoms with Crippen molar-refractivity contribution in [2.75, 3.05) is 11.9 Å². The number of rotatable bonds is 3. The summed E-state index contributed by atoms with van der Waals surface area (Å²) in [4.78, 5) is 29.2. The van der Waals surface area contributed by atoms with Gasteiger partial charge in [0.1, 0.15) is 11.6 Å². The Bertz CT molecular complexity index is 468. The number of aromatic nitrogens is 1. The Labute approximate surface area is 119 Å². The van der Waals surface area contributed by atoms with E-state index >= 15 is 0 Å². The summed E-state index contributed by atoms with van der Waals surface area (Å²) in [6.45, 7) is 6.90. The van der Waals surface area contributed by atoms with Gasteiger partial charge in [-0.25, -0.2) is 4.79 Å². The Morgan fingerprint density at radius 3 is 2.55 bits per heavy atom. The van der Waals surface area contributed by atoms with Gasteiger partial charge in [0, 0.05) is 13.2 Å². The molecule has 0 fully saturated rings. The van der Waals surface area contributed by atoms with Crippen LogP contribution in [-0.4, -0.2) is 35.7 Å². The number of pyridine rings is 1. The number of nitrogens with zero attached hydrogens (tertiary/aromatic N) is 2. The average molecular weight is 279 g/mol. The van der Waals surface area contributed by atoms with E-state index in [-0.39, 0.29) is 5.91 Å². The second-order valence-corrected chi connectivity index (χ2v) is 5.48. The van der Waals surface area contributed by atoms with Gasteiger partial charge in [-0.05, 0) is 39.8 Å². The first-order valence-corrected chi connectivity index (χ1v) is 6.38. The predicted octanol–water partition coefficient (Wildman–Crippen LogP) is 1.96. The SMILES string of the molecule is CC(NC(=O)OC(C)(C)C)C(=O)N(C)c1cccnc1. The van der Waals surface area contributed by atoms with Gasteiger partial charge in [-0.15, -0.1) is 0 Å². The van der Waals surface area contributed by atoms with Gasteiger partial charge in [0.15, 0.2) is 0 Å². The summed E-state index contributed by atoms with van der Waals surface area (Å²) in [7, 11) is 1.63. The Hall–Kier alpha value is -2.11. The van der Waals surface area contributed by atoms with Crippen molar-refractivity contribution in [3.63, 3.8) is 0 Å². The number of anilines is 1. The molecule has 0 aromatic carbocycles. The minimum atomic E-state index is -0.685. The van der Waals surface area contributed by atoms with Crippen LogP contribution in [0.15, 0.2) is 24.5 Å². The molecular weight excluding hydrogens is 258 g/mol. The van der Waals surface area contributed by atoms with Crippen LogP contribution in [0.4, 0.5) is 10.5 Å². The molecule has 0 aliphatic heterocycles. The molecule has 6 nitrogen and oxygen atoms in total. The summed E-state index contributed by atoms with van der Waals surface area (Å²) in [5.74, 6) is -0.246. The summed E-state index contributed by atoms with van der Waals surface area (Å²) < 4.78 is 5.11. The Morgan fingerprint density at radius 1 is 1.40 bits per heavy atom. The molecule has 0 spiro atoms. The number of alkyl carbamates (subject to hydrolysis) is 1. The number of hydrogen-bond donors (Lipinski definition) is 1. The fourth-order valence-corrected chi connectivity index (χ4v) is 1.52. The van der Waals surface area contributed by atoms with Crippen LogP contribution in [0, 0.1) is 0 Å². The van der Waals surface area contributed by atoms with Crippen LogP contribution in [0.1, 0.15) is 27.7 Å². The van der Waals surface area contributed by atoms with Crippen molar-refractivity contribution in [1.82, 2.24) is 10.3 Å². The number of likely N-dealkylation sites (N-methyl/N-ethyl adjacent to an activating group) is 1. The molecule has 0 bridgehead atoms. The van der Waals surface area contributed by atoms with Gasteiger partial charge in [-0.3, -0.25) is 9.78 Å². The van der Waals surface area contributed by atoms with Crippen molar-refractivity contribution >= 4 is 17.7 Å². The highest BCUT2D eigenvalue weighted by atomic mass is 16.6. The monoisotopic (exact) mass is 279 g/mol. The summed E-state index contributed by atoms with van der Waals surface area (Å²) in [5, 5.41) is 2.51. The highest BCUT2D eigenvalue weighted by molar-refractivity contribution is 5.97. The average Bonchev–Trinajstić information content (AvgIpc) is 2.35. The molecule has 1 aromatic heterocycles. The summed E-state index contributed by atoms with van der Waals surface area (Å²) in [6, 6.07) is 2.82. The molecule has 1 unspecified atom stereocenters. The van der Waals surface area contributed by atoms with Gasteiger partial charge in [-0.1, -0.05) is 0 Å². The third-order valence-electron chi connectivity index (χ3n) is 2.47. The summed E-state index contributed by atoms with van der Waals surface area (Å²) in [5.41, 5.74) is 0.0672. The minimum Gasteiger partial charge on any atom is -0.444 e. The van der Waals surface area contributed by atoms with E-state index in [1.807, 2.05) is 0 Å². The van der Waals surface area contributed by atoms with Crippen molar-refractivity contribution in [1.29, 1.82) is 0 Å². The van der Waals surface area contributed by atoms with E-state index in [4.69, 9.17) is 4.74 Å². The molecule has 0 saturated heterocycles. The van der Waals surface area contributed by atoms with Crippen LogP contribution in [-0.2, 0) is 9.53 Å². The quantitative estimate of drug-likeness (QED) is 0.918. The van der Waals surface area contributed by atoms with E-state index in [0.717, 1.165) is 0 Å². The highest BCUT2D eigenvalue weighted by Gasteiger charge is 2.23. The van der Waals surface area contributed by atoms with E-state index in [1.165, 1.54) is 4.90 Å². The maximum atomic E-state index is 12.2. The van der Waals surface area contributed by atoms with Gasteiger partial charge < -0.3 is 15.0 Å². The van der Waals surface area contributed by atoms with E-state index < -0.39 is 17.7 Å². The Morgan fingerprint density at radius 2 is 2.05 bits per heavy atom. The van der Waals surface area contributed by atoms with Gasteiger partial charge in [0.05, 0.1) is 11.9 Å². The van der Waals surface area contributed by atoms with Gasteiger partial charge in [0.25, 0.3) is 0 Å². The molecule has 1 aromatic rings. The number of nitrogens with one attached hydrogen (secondary N) is 1. The van der Waals surface area contributed by atoms with Crippen molar-refractivity contribution in [3.8, 4) is 0 Å². The van der Waals surface area contributed by atoms with Crippen LogP contribution < -0.4 is 10.2 Å². The lowest BCUT2D eigenvalue weighted by molar-refractivity contribution is -0.120. The van der Waals surface area contributed by atoms with E-state index in [2.05, 4.69) is 10.3 Å². The van der Waals surface area contributed by atoms with Crippen molar-refractivity contribution < 1.29 is 14.3 Å². The fraction of sp³-hybridized carbons (Fsp3) is 0.500. The highest BCUT2D eigenvalue weighted by Crippen LogP contribution is 2.11. The predicted molar refractivity (Wildman–Crippen MR) is 76.5 cm³/mol. The fourth-order valence-electron chi connectivity index (χ4n) is 1.52. The Kier molecular flexibility index (Phi) is 5.07. The first kappa shape index (κ1) is 15.9. The zero-order valence-corrected chi connectivity index (χ0v) is 12.5. The van der Waals surface area contributed by atoms with E-state index in [0.29, 0.717) is 5.69 Å². The molecule has 0 radical (unpaired) electrons. The molecule has 1 rings (SSSR count). The number of carbonyl (C=O) groups is 2. The molecule has 0 aliphatic carbocycles. The van der Waals surface area contributed by atoms with Gasteiger partial charge >= 0.3 is 6.09 Å². The number of amides is 2. The molecular formula is C14H21N3O3. The second kappa shape index (κ2) is 6.36. The number of hydrogen-bond acceptors (Lipinski definition) is 4. The first-order valence-electron chi connectivity index (χ1n) is 6.38. The standard InChI is InChI=1S/C14H21N3O3/c1-10(16-13(19)20-14(2,3)4)12(18)17(5)11-7-6-8-15-9-11/h6-10H,1-5H3,(H,16,19). The topological polar surface area (TPSA) is 71.5 Å². The lowest BCUT2D eigenvalue weighted by atomic mass is 10.2. The van der Waals surface area contributed by atoms with Crippen molar-refractivity contribution in [2.24, 2.45) is 0 Å². The lowest BCUT2D eigenvalue weighted by Crippen LogP contribution is -2.47. The lowest BCUT2D eigenvalue weighted by Gasteiger charge is -2.24. The van der Waals surface area contributed by atoms with Crippen LogP contribution in [0.25, 0.3) is 0 Å². The molecule has 1 N–H and O–H groups in total. The number of ether oxygens (including phenoxy) is 1. The molecule has 20 heavy (non-hydrogen) atoms. The smallest absolute Gasteiger partial charge is 0.408 e. The zero-order chi connectivity index (χ0) is 15.3.